The molecule has 0 spiro atoms. The van der Waals surface area contributed by atoms with Gasteiger partial charge in [-0.3, -0.25) is 4.79 Å². The summed E-state index contributed by atoms with van der Waals surface area (Å²) in [7, 11) is 0. The number of nitrogens with zero attached hydrogens (tertiary/aromatic N) is 7. The Kier molecular flexibility index (Phi) is 5.00. The van der Waals surface area contributed by atoms with E-state index < -0.39 is 23.9 Å². The Balaban J connectivity index is 1.49. The monoisotopic (exact) mass is 421 g/mol. The van der Waals surface area contributed by atoms with E-state index in [1.807, 2.05) is 19.9 Å². The largest absolute Gasteiger partial charge is 0.458 e. The van der Waals surface area contributed by atoms with Gasteiger partial charge >= 0.3 is 12.2 Å². The van der Waals surface area contributed by atoms with Gasteiger partial charge < -0.3 is 9.64 Å². The molecule has 9 nitrogen and oxygen atoms in total. The molecular formula is C18H18F3N7O2. The quantitative estimate of drug-likeness (QED) is 0.640. The summed E-state index contributed by atoms with van der Waals surface area (Å²) in [6, 6.07) is 2.23. The van der Waals surface area contributed by atoms with Crippen molar-refractivity contribution in [2.24, 2.45) is 0 Å². The average Bonchev–Trinajstić information content (AvgIpc) is 3.11. The zero-order valence-electron chi connectivity index (χ0n) is 16.2. The first-order valence-electron chi connectivity index (χ1n) is 9.28. The van der Waals surface area contributed by atoms with E-state index in [1.165, 1.54) is 9.42 Å². The number of amides is 1. The predicted octanol–water partition coefficient (Wildman–Crippen LogP) is 2.23. The van der Waals surface area contributed by atoms with Crippen LogP contribution in [-0.2, 0) is 6.18 Å². The summed E-state index contributed by atoms with van der Waals surface area (Å²) in [5.74, 6) is -0.0546. The van der Waals surface area contributed by atoms with Crippen molar-refractivity contribution < 1.29 is 22.7 Å². The lowest BCUT2D eigenvalue weighted by molar-refractivity contribution is -0.141. The fourth-order valence-corrected chi connectivity index (χ4v) is 3.32. The van der Waals surface area contributed by atoms with Crippen LogP contribution in [0.5, 0.6) is 6.01 Å². The van der Waals surface area contributed by atoms with E-state index in [4.69, 9.17) is 4.74 Å². The summed E-state index contributed by atoms with van der Waals surface area (Å²) < 4.78 is 45.5. The van der Waals surface area contributed by atoms with Gasteiger partial charge in [-0.05, 0) is 38.8 Å². The number of aryl methyl sites for hydroxylation is 2. The third-order valence-electron chi connectivity index (χ3n) is 4.67. The molecular weight excluding hydrogens is 403 g/mol. The summed E-state index contributed by atoms with van der Waals surface area (Å²) in [5.41, 5.74) is 0.479. The van der Waals surface area contributed by atoms with Crippen molar-refractivity contribution in [3.8, 4) is 6.01 Å². The minimum absolute atomic E-state index is 0.00664. The maximum atomic E-state index is 12.9. The summed E-state index contributed by atoms with van der Waals surface area (Å²) in [5, 5.41) is 4.24. The number of likely N-dealkylation sites (tertiary alicyclic amines) is 1. The Morgan fingerprint density at radius 2 is 2.03 bits per heavy atom. The Morgan fingerprint density at radius 1 is 1.23 bits per heavy atom. The molecule has 0 bridgehead atoms. The molecule has 0 aliphatic carbocycles. The fourth-order valence-electron chi connectivity index (χ4n) is 3.32. The second-order valence-corrected chi connectivity index (χ2v) is 7.04. The van der Waals surface area contributed by atoms with E-state index in [9.17, 15) is 18.0 Å². The molecule has 1 atom stereocenters. The van der Waals surface area contributed by atoms with Crippen LogP contribution in [0.25, 0.3) is 5.78 Å². The summed E-state index contributed by atoms with van der Waals surface area (Å²) >= 11 is 0. The standard InChI is InChI=1S/C18H18F3N7O2/c1-10-8-11(2)28-16(23-10)25-14(26-28)15(29)27-7-3-4-12(9-27)30-17-22-6-5-13(24-17)18(19,20)21/h5-6,8,12H,3-4,7,9H2,1-2H3. The molecule has 0 N–H and O–H groups in total. The number of aromatic nitrogens is 6. The molecule has 0 radical (unpaired) electrons. The van der Waals surface area contributed by atoms with Crippen LogP contribution < -0.4 is 4.74 Å². The second-order valence-electron chi connectivity index (χ2n) is 7.04. The van der Waals surface area contributed by atoms with Crippen LogP contribution >= 0.6 is 0 Å². The SMILES string of the molecule is Cc1cc(C)n2nc(C(=O)N3CCCC(Oc4nccc(C(F)(F)F)n4)C3)nc2n1. The van der Waals surface area contributed by atoms with Crippen LogP contribution in [-0.4, -0.2) is 59.6 Å². The second kappa shape index (κ2) is 7.50. The highest BCUT2D eigenvalue weighted by Gasteiger charge is 2.34. The molecule has 1 amide bonds. The van der Waals surface area contributed by atoms with Gasteiger partial charge in [0.1, 0.15) is 6.10 Å². The highest BCUT2D eigenvalue weighted by molar-refractivity contribution is 5.91. The van der Waals surface area contributed by atoms with Gasteiger partial charge in [0, 0.05) is 24.1 Å². The summed E-state index contributed by atoms with van der Waals surface area (Å²) in [6.45, 7) is 4.29. The molecule has 12 heteroatoms. The first kappa shape index (κ1) is 20.0. The van der Waals surface area contributed by atoms with Gasteiger partial charge in [0.15, 0.2) is 5.69 Å². The van der Waals surface area contributed by atoms with Crippen LogP contribution in [0.2, 0.25) is 0 Å². The lowest BCUT2D eigenvalue weighted by Gasteiger charge is -2.31. The molecule has 30 heavy (non-hydrogen) atoms. The molecule has 1 aliphatic heterocycles. The van der Waals surface area contributed by atoms with Gasteiger partial charge in [-0.15, -0.1) is 5.10 Å². The van der Waals surface area contributed by atoms with Crippen LogP contribution in [0.15, 0.2) is 18.3 Å². The first-order valence-corrected chi connectivity index (χ1v) is 9.28. The van der Waals surface area contributed by atoms with Crippen LogP contribution in [0.4, 0.5) is 13.2 Å². The number of hydrogen-bond acceptors (Lipinski definition) is 7. The molecule has 0 saturated carbocycles. The molecule has 3 aromatic rings. The van der Waals surface area contributed by atoms with E-state index in [0.29, 0.717) is 25.2 Å². The zero-order chi connectivity index (χ0) is 21.5. The van der Waals surface area contributed by atoms with Crippen molar-refractivity contribution in [2.45, 2.75) is 39.0 Å². The van der Waals surface area contributed by atoms with Crippen molar-refractivity contribution >= 4 is 11.7 Å². The molecule has 0 aromatic carbocycles. The Bertz CT molecular complexity index is 1100. The van der Waals surface area contributed by atoms with E-state index in [-0.39, 0.29) is 18.4 Å². The molecule has 4 heterocycles. The molecule has 1 fully saturated rings. The number of carbonyl (C=O) groups is 1. The van der Waals surface area contributed by atoms with Crippen LogP contribution in [0.3, 0.4) is 0 Å². The van der Waals surface area contributed by atoms with Gasteiger partial charge in [-0.2, -0.15) is 23.1 Å². The number of alkyl halides is 3. The fraction of sp³-hybridized carbons (Fsp3) is 0.444. The van der Waals surface area contributed by atoms with E-state index >= 15 is 0 Å². The third kappa shape index (κ3) is 4.02. The average molecular weight is 421 g/mol. The van der Waals surface area contributed by atoms with Crippen molar-refractivity contribution in [1.82, 2.24) is 34.4 Å². The number of fused-ring (bicyclic) bond motifs is 1. The Labute approximate surface area is 168 Å². The van der Waals surface area contributed by atoms with E-state index in [0.717, 1.165) is 23.7 Å². The van der Waals surface area contributed by atoms with Crippen molar-refractivity contribution in [3.63, 3.8) is 0 Å². The zero-order valence-corrected chi connectivity index (χ0v) is 16.2. The number of carbonyl (C=O) groups excluding carboxylic acids is 1. The highest BCUT2D eigenvalue weighted by Crippen LogP contribution is 2.28. The van der Waals surface area contributed by atoms with Gasteiger partial charge in [0.2, 0.25) is 5.82 Å². The lowest BCUT2D eigenvalue weighted by atomic mass is 10.1. The number of piperidine rings is 1. The van der Waals surface area contributed by atoms with Crippen LogP contribution in [0.1, 0.15) is 40.5 Å². The minimum Gasteiger partial charge on any atom is -0.458 e. The lowest BCUT2D eigenvalue weighted by Crippen LogP contribution is -2.45. The van der Waals surface area contributed by atoms with E-state index in [2.05, 4.69) is 25.0 Å². The Morgan fingerprint density at radius 3 is 2.80 bits per heavy atom. The number of halogens is 3. The molecule has 4 rings (SSSR count). The summed E-state index contributed by atoms with van der Waals surface area (Å²) in [6.07, 6.45) is -2.96. The number of ether oxygens (including phenoxy) is 1. The van der Waals surface area contributed by atoms with Gasteiger partial charge in [-0.25, -0.2) is 14.5 Å². The normalized spacial score (nSPS) is 17.4. The van der Waals surface area contributed by atoms with Gasteiger partial charge in [0.05, 0.1) is 6.54 Å². The maximum Gasteiger partial charge on any atom is 0.433 e. The smallest absolute Gasteiger partial charge is 0.433 e. The third-order valence-corrected chi connectivity index (χ3v) is 4.67. The van der Waals surface area contributed by atoms with Crippen molar-refractivity contribution in [2.75, 3.05) is 13.1 Å². The predicted molar refractivity (Wildman–Crippen MR) is 96.8 cm³/mol. The topological polar surface area (TPSA) is 98.4 Å². The maximum absolute atomic E-state index is 12.9. The molecule has 1 unspecified atom stereocenters. The van der Waals surface area contributed by atoms with Crippen molar-refractivity contribution in [1.29, 1.82) is 0 Å². The molecule has 1 aliphatic rings. The van der Waals surface area contributed by atoms with Crippen molar-refractivity contribution in [3.05, 3.63) is 41.2 Å². The highest BCUT2D eigenvalue weighted by atomic mass is 19.4. The summed E-state index contributed by atoms with van der Waals surface area (Å²) in [4.78, 5) is 30.0. The first-order chi connectivity index (χ1) is 14.2. The molecule has 158 valence electrons. The number of rotatable bonds is 3. The number of hydrogen-bond donors (Lipinski definition) is 0. The van der Waals surface area contributed by atoms with Crippen LogP contribution in [0, 0.1) is 13.8 Å². The van der Waals surface area contributed by atoms with Gasteiger partial charge in [-0.1, -0.05) is 0 Å². The van der Waals surface area contributed by atoms with Gasteiger partial charge in [0.25, 0.3) is 11.7 Å². The minimum atomic E-state index is -4.59. The molecule has 3 aromatic heterocycles. The Hall–Kier alpha value is -3.31. The van der Waals surface area contributed by atoms with E-state index in [1.54, 1.807) is 0 Å². The molecule has 1 saturated heterocycles.